The molecule has 166 valence electrons. The van der Waals surface area contributed by atoms with E-state index in [1.54, 1.807) is 11.3 Å². The lowest BCUT2D eigenvalue weighted by Gasteiger charge is -2.11. The number of carboxylic acids is 1. The first kappa shape index (κ1) is 22.1. The zero-order chi connectivity index (χ0) is 22.8. The molecule has 0 unspecified atom stereocenters. The number of fused-ring (bicyclic) bond motifs is 3. The Morgan fingerprint density at radius 3 is 2.62 bits per heavy atom. The molecular weight excluding hydrogens is 426 g/mol. The summed E-state index contributed by atoms with van der Waals surface area (Å²) in [7, 11) is 0. The molecule has 0 aliphatic carbocycles. The Kier molecular flexibility index (Phi) is 6.31. The van der Waals surface area contributed by atoms with Crippen molar-refractivity contribution in [2.75, 3.05) is 6.54 Å². The van der Waals surface area contributed by atoms with Crippen LogP contribution in [0.4, 0.5) is 0 Å². The number of aryl methyl sites for hydroxylation is 2. The standard InChI is InChI=1S/C23H25N5O3S/c1-13-14(2)32-23-20(13)21(17-9-7-16(8-10-17)6-4-5-11-24-31)25-18(12-19(29)30)22-27-26-15(3)28(22)23/h4-5,7-10,18,24,31H,6,11-12H2,1-3H3,(H,29,30)/t18-/m1/s1. The van der Waals surface area contributed by atoms with Crippen LogP contribution in [0.25, 0.3) is 5.00 Å². The highest BCUT2D eigenvalue weighted by molar-refractivity contribution is 7.15. The Hall–Kier alpha value is -3.14. The third-order valence-corrected chi connectivity index (χ3v) is 6.76. The number of hydrogen-bond acceptors (Lipinski definition) is 7. The summed E-state index contributed by atoms with van der Waals surface area (Å²) in [5.74, 6) is 0.346. The van der Waals surface area contributed by atoms with Crippen LogP contribution >= 0.6 is 11.3 Å². The van der Waals surface area contributed by atoms with E-state index in [0.29, 0.717) is 18.2 Å². The van der Waals surface area contributed by atoms with E-state index < -0.39 is 12.0 Å². The fourth-order valence-electron chi connectivity index (χ4n) is 3.84. The molecule has 1 aliphatic rings. The van der Waals surface area contributed by atoms with E-state index in [2.05, 4.69) is 29.5 Å². The minimum absolute atomic E-state index is 0.156. The molecule has 0 bridgehead atoms. The molecule has 0 amide bonds. The Morgan fingerprint density at radius 2 is 1.94 bits per heavy atom. The van der Waals surface area contributed by atoms with Crippen LogP contribution in [-0.2, 0) is 11.2 Å². The number of aliphatic imine (C=N–C) groups is 1. The molecule has 3 heterocycles. The smallest absolute Gasteiger partial charge is 0.306 e. The molecule has 0 saturated carbocycles. The fourth-order valence-corrected chi connectivity index (χ4v) is 5.06. The lowest BCUT2D eigenvalue weighted by Crippen LogP contribution is -2.10. The Balaban J connectivity index is 1.82. The number of thiophene rings is 1. The van der Waals surface area contributed by atoms with Gasteiger partial charge in [-0.15, -0.1) is 21.5 Å². The maximum absolute atomic E-state index is 11.6. The summed E-state index contributed by atoms with van der Waals surface area (Å²) in [6, 6.07) is 7.52. The Labute approximate surface area is 189 Å². The van der Waals surface area contributed by atoms with Crippen LogP contribution in [-0.4, -0.2) is 43.3 Å². The fraction of sp³-hybridized carbons (Fsp3) is 0.304. The largest absolute Gasteiger partial charge is 0.481 e. The maximum atomic E-state index is 11.6. The highest BCUT2D eigenvalue weighted by Crippen LogP contribution is 2.39. The molecule has 0 fully saturated rings. The summed E-state index contributed by atoms with van der Waals surface area (Å²) < 4.78 is 1.96. The monoisotopic (exact) mass is 451 g/mol. The van der Waals surface area contributed by atoms with Gasteiger partial charge in [-0.25, -0.2) is 5.48 Å². The molecular formula is C23H25N5O3S. The summed E-state index contributed by atoms with van der Waals surface area (Å²) in [4.78, 5) is 17.7. The lowest BCUT2D eigenvalue weighted by atomic mass is 9.98. The number of allylic oxidation sites excluding steroid dienone is 1. The molecule has 9 heteroatoms. The van der Waals surface area contributed by atoms with Crippen molar-refractivity contribution in [1.29, 1.82) is 0 Å². The number of hydrogen-bond donors (Lipinski definition) is 3. The number of hydroxylamine groups is 1. The first-order chi connectivity index (χ1) is 15.4. The average Bonchev–Trinajstić information content (AvgIpc) is 3.24. The van der Waals surface area contributed by atoms with Gasteiger partial charge in [0.15, 0.2) is 5.82 Å². The van der Waals surface area contributed by atoms with Crippen molar-refractivity contribution in [3.8, 4) is 5.00 Å². The van der Waals surface area contributed by atoms with E-state index in [1.807, 2.05) is 47.9 Å². The summed E-state index contributed by atoms with van der Waals surface area (Å²) in [6.07, 6.45) is 4.44. The quantitative estimate of drug-likeness (QED) is 0.373. The SMILES string of the molecule is Cc1sc2c(c1C)C(c1ccc(CC=CCNO)cc1)=N[C@H](CC(=O)O)c1nnc(C)n1-2. The number of rotatable bonds is 7. The molecule has 4 rings (SSSR count). The average molecular weight is 452 g/mol. The minimum Gasteiger partial charge on any atom is -0.481 e. The molecule has 3 aromatic rings. The molecule has 32 heavy (non-hydrogen) atoms. The first-order valence-corrected chi connectivity index (χ1v) is 11.2. The molecule has 2 aromatic heterocycles. The molecule has 1 aromatic carbocycles. The van der Waals surface area contributed by atoms with Gasteiger partial charge in [0.25, 0.3) is 0 Å². The predicted molar refractivity (Wildman–Crippen MR) is 123 cm³/mol. The van der Waals surface area contributed by atoms with E-state index in [0.717, 1.165) is 39.4 Å². The van der Waals surface area contributed by atoms with Gasteiger partial charge in [0.1, 0.15) is 16.9 Å². The van der Waals surface area contributed by atoms with Crippen molar-refractivity contribution in [3.63, 3.8) is 0 Å². The van der Waals surface area contributed by atoms with Crippen LogP contribution in [0.1, 0.15) is 51.2 Å². The first-order valence-electron chi connectivity index (χ1n) is 10.3. The number of carboxylic acid groups (broad SMARTS) is 1. The van der Waals surface area contributed by atoms with E-state index in [9.17, 15) is 9.90 Å². The van der Waals surface area contributed by atoms with Gasteiger partial charge in [0.05, 0.1) is 12.1 Å². The van der Waals surface area contributed by atoms with Gasteiger partial charge >= 0.3 is 5.97 Å². The van der Waals surface area contributed by atoms with Gasteiger partial charge in [-0.3, -0.25) is 14.4 Å². The third-order valence-electron chi connectivity index (χ3n) is 5.56. The van der Waals surface area contributed by atoms with Crippen molar-refractivity contribution in [2.24, 2.45) is 4.99 Å². The highest BCUT2D eigenvalue weighted by atomic mass is 32.1. The third kappa shape index (κ3) is 4.14. The van der Waals surface area contributed by atoms with E-state index in [-0.39, 0.29) is 6.42 Å². The summed E-state index contributed by atoms with van der Waals surface area (Å²) >= 11 is 1.65. The second kappa shape index (κ2) is 9.15. The second-order valence-electron chi connectivity index (χ2n) is 7.73. The van der Waals surface area contributed by atoms with Gasteiger partial charge < -0.3 is 10.3 Å². The number of nitrogens with one attached hydrogen (secondary N) is 1. The van der Waals surface area contributed by atoms with Crippen LogP contribution in [0.2, 0.25) is 0 Å². The van der Waals surface area contributed by atoms with E-state index in [4.69, 9.17) is 10.2 Å². The van der Waals surface area contributed by atoms with Crippen LogP contribution in [0, 0.1) is 20.8 Å². The highest BCUT2D eigenvalue weighted by Gasteiger charge is 2.32. The Bertz CT molecular complexity index is 1210. The lowest BCUT2D eigenvalue weighted by molar-refractivity contribution is -0.137. The van der Waals surface area contributed by atoms with E-state index in [1.165, 1.54) is 4.88 Å². The maximum Gasteiger partial charge on any atom is 0.306 e. The number of carbonyl (C=O) groups is 1. The van der Waals surface area contributed by atoms with Gasteiger partial charge in [-0.05, 0) is 38.3 Å². The van der Waals surface area contributed by atoms with Crippen molar-refractivity contribution in [1.82, 2.24) is 20.2 Å². The molecule has 1 aliphatic heterocycles. The van der Waals surface area contributed by atoms with Crippen LogP contribution < -0.4 is 5.48 Å². The van der Waals surface area contributed by atoms with Crippen molar-refractivity contribution >= 4 is 23.0 Å². The summed E-state index contributed by atoms with van der Waals surface area (Å²) in [5.41, 5.74) is 7.08. The molecule has 0 spiro atoms. The van der Waals surface area contributed by atoms with Crippen molar-refractivity contribution in [2.45, 2.75) is 39.7 Å². The summed E-state index contributed by atoms with van der Waals surface area (Å²) in [6.45, 7) is 6.44. The van der Waals surface area contributed by atoms with Crippen molar-refractivity contribution in [3.05, 3.63) is 75.2 Å². The zero-order valence-corrected chi connectivity index (χ0v) is 19.0. The number of aliphatic carboxylic acids is 1. The number of aromatic nitrogens is 3. The number of benzene rings is 1. The van der Waals surface area contributed by atoms with Gasteiger partial charge in [0, 0.05) is 22.5 Å². The molecule has 0 radical (unpaired) electrons. The predicted octanol–water partition coefficient (Wildman–Crippen LogP) is 3.70. The van der Waals surface area contributed by atoms with Gasteiger partial charge in [-0.1, -0.05) is 36.4 Å². The Morgan fingerprint density at radius 1 is 1.19 bits per heavy atom. The van der Waals surface area contributed by atoms with Crippen LogP contribution in [0.15, 0.2) is 41.4 Å². The molecule has 3 N–H and O–H groups in total. The summed E-state index contributed by atoms with van der Waals surface area (Å²) in [5, 5.41) is 27.7. The van der Waals surface area contributed by atoms with E-state index >= 15 is 0 Å². The van der Waals surface area contributed by atoms with Crippen molar-refractivity contribution < 1.29 is 15.1 Å². The van der Waals surface area contributed by atoms with Gasteiger partial charge in [0.2, 0.25) is 0 Å². The van der Waals surface area contributed by atoms with Crippen LogP contribution in [0.3, 0.4) is 0 Å². The second-order valence-corrected chi connectivity index (χ2v) is 8.93. The van der Waals surface area contributed by atoms with Crippen LogP contribution in [0.5, 0.6) is 0 Å². The zero-order valence-electron chi connectivity index (χ0n) is 18.2. The topological polar surface area (TPSA) is 113 Å². The number of nitrogens with zero attached hydrogens (tertiary/aromatic N) is 4. The molecule has 8 nitrogen and oxygen atoms in total. The van der Waals surface area contributed by atoms with Gasteiger partial charge in [-0.2, -0.15) is 0 Å². The normalized spacial score (nSPS) is 15.4. The molecule has 0 saturated heterocycles. The minimum atomic E-state index is -0.928. The molecule has 1 atom stereocenters.